The van der Waals surface area contributed by atoms with Gasteiger partial charge in [0.05, 0.1) is 25.1 Å². The Morgan fingerprint density at radius 2 is 2.26 bits per heavy atom. The smallest absolute Gasteiger partial charge is 0.289 e. The first-order valence-corrected chi connectivity index (χ1v) is 7.86. The summed E-state index contributed by atoms with van der Waals surface area (Å²) in [6, 6.07) is 7.19. The van der Waals surface area contributed by atoms with Crippen LogP contribution >= 0.6 is 0 Å². The number of carbonyl (C=O) groups is 1. The molecule has 1 amide bonds. The van der Waals surface area contributed by atoms with Crippen molar-refractivity contribution < 1.29 is 18.7 Å². The van der Waals surface area contributed by atoms with Gasteiger partial charge in [-0.15, -0.1) is 0 Å². The van der Waals surface area contributed by atoms with Crippen LogP contribution in [0.25, 0.3) is 0 Å². The first-order valence-electron chi connectivity index (χ1n) is 7.86. The van der Waals surface area contributed by atoms with E-state index in [4.69, 9.17) is 13.9 Å². The highest BCUT2D eigenvalue weighted by Crippen LogP contribution is 2.33. The number of hydrogen-bond donors (Lipinski definition) is 0. The number of nitrogens with zero attached hydrogens (tertiary/aromatic N) is 2. The van der Waals surface area contributed by atoms with E-state index in [1.54, 1.807) is 24.5 Å². The molecule has 0 aromatic carbocycles. The highest BCUT2D eigenvalue weighted by Gasteiger charge is 2.46. The number of aromatic nitrogens is 1. The summed E-state index contributed by atoms with van der Waals surface area (Å²) in [5.41, 5.74) is 0. The molecule has 1 saturated carbocycles. The molecule has 0 bridgehead atoms. The number of carbonyl (C=O) groups excluding carboxylic acids is 1. The van der Waals surface area contributed by atoms with Gasteiger partial charge in [-0.25, -0.2) is 0 Å². The van der Waals surface area contributed by atoms with E-state index >= 15 is 0 Å². The predicted molar refractivity (Wildman–Crippen MR) is 81.2 cm³/mol. The van der Waals surface area contributed by atoms with Crippen LogP contribution < -0.4 is 4.74 Å². The van der Waals surface area contributed by atoms with E-state index < -0.39 is 0 Å². The van der Waals surface area contributed by atoms with Gasteiger partial charge in [0, 0.05) is 12.7 Å². The first-order chi connectivity index (χ1) is 11.3. The minimum absolute atomic E-state index is 0.0306. The molecule has 0 unspecified atom stereocenters. The minimum Gasteiger partial charge on any atom is -0.486 e. The highest BCUT2D eigenvalue weighted by atomic mass is 16.5. The molecule has 6 heteroatoms. The van der Waals surface area contributed by atoms with Gasteiger partial charge in [-0.3, -0.25) is 9.78 Å². The molecule has 2 fully saturated rings. The zero-order valence-electron chi connectivity index (χ0n) is 12.6. The number of morpholine rings is 1. The second-order valence-electron chi connectivity index (χ2n) is 5.80. The molecule has 6 nitrogen and oxygen atoms in total. The first kappa shape index (κ1) is 14.3. The highest BCUT2D eigenvalue weighted by molar-refractivity contribution is 5.91. The van der Waals surface area contributed by atoms with Gasteiger partial charge in [-0.2, -0.15) is 0 Å². The molecule has 1 aliphatic heterocycles. The van der Waals surface area contributed by atoms with Gasteiger partial charge >= 0.3 is 0 Å². The van der Waals surface area contributed by atoms with Crippen LogP contribution in [0.15, 0.2) is 47.3 Å². The summed E-state index contributed by atoms with van der Waals surface area (Å²) < 4.78 is 17.2. The summed E-state index contributed by atoms with van der Waals surface area (Å²) in [6.07, 6.45) is 6.48. The predicted octanol–water partition coefficient (Wildman–Crippen LogP) is 2.13. The summed E-state index contributed by atoms with van der Waals surface area (Å²) in [5, 5.41) is 0. The van der Waals surface area contributed by atoms with E-state index in [0.717, 1.165) is 18.6 Å². The van der Waals surface area contributed by atoms with Gasteiger partial charge in [0.2, 0.25) is 0 Å². The molecule has 23 heavy (non-hydrogen) atoms. The molecular formula is C17H18N2O4. The van der Waals surface area contributed by atoms with Gasteiger partial charge in [0.25, 0.3) is 5.91 Å². The van der Waals surface area contributed by atoms with Crippen molar-refractivity contribution in [2.45, 2.75) is 31.1 Å². The van der Waals surface area contributed by atoms with Crippen molar-refractivity contribution in [2.24, 2.45) is 0 Å². The molecule has 3 heterocycles. The van der Waals surface area contributed by atoms with Crippen LogP contribution in [0.4, 0.5) is 0 Å². The molecule has 2 aliphatic rings. The van der Waals surface area contributed by atoms with Gasteiger partial charge in [-0.05, 0) is 37.1 Å². The standard InChI is InChI=1S/C17H18N2O4/c20-17(15-4-2-9-21-15)19-8-10-22-16-13(19)5-6-14(16)23-12-3-1-7-18-11-12/h1-4,7,9,11,13-14,16H,5-6,8,10H2/t13-,14-,16+/m0/s1. The molecule has 0 spiro atoms. The Hall–Kier alpha value is -2.34. The third-order valence-corrected chi connectivity index (χ3v) is 4.45. The fourth-order valence-corrected chi connectivity index (χ4v) is 3.43. The molecular weight excluding hydrogens is 296 g/mol. The number of pyridine rings is 1. The van der Waals surface area contributed by atoms with E-state index in [-0.39, 0.29) is 24.2 Å². The van der Waals surface area contributed by atoms with Crippen LogP contribution in [0.3, 0.4) is 0 Å². The Morgan fingerprint density at radius 1 is 1.30 bits per heavy atom. The molecule has 120 valence electrons. The third kappa shape index (κ3) is 2.70. The van der Waals surface area contributed by atoms with Gasteiger partial charge in [0.15, 0.2) is 5.76 Å². The molecule has 2 aromatic heterocycles. The lowest BCUT2D eigenvalue weighted by molar-refractivity contribution is -0.0792. The van der Waals surface area contributed by atoms with Crippen molar-refractivity contribution in [3.05, 3.63) is 48.7 Å². The summed E-state index contributed by atoms with van der Waals surface area (Å²) in [6.45, 7) is 1.10. The van der Waals surface area contributed by atoms with Gasteiger partial charge in [-0.1, -0.05) is 0 Å². The van der Waals surface area contributed by atoms with Crippen molar-refractivity contribution in [3.8, 4) is 5.75 Å². The molecule has 0 N–H and O–H groups in total. The summed E-state index contributed by atoms with van der Waals surface area (Å²) >= 11 is 0. The Bertz CT molecular complexity index is 658. The molecule has 2 aromatic rings. The lowest BCUT2D eigenvalue weighted by Crippen LogP contribution is -2.54. The SMILES string of the molecule is O=C(c1ccco1)N1CCO[C@H]2[C@@H](Oc3cccnc3)CC[C@@H]21. The Kier molecular flexibility index (Phi) is 3.75. The Labute approximate surface area is 134 Å². The van der Waals surface area contributed by atoms with Crippen LogP contribution in [0.1, 0.15) is 23.4 Å². The Balaban J connectivity index is 1.49. The topological polar surface area (TPSA) is 64.8 Å². The quantitative estimate of drug-likeness (QED) is 0.868. The van der Waals surface area contributed by atoms with E-state index in [9.17, 15) is 4.79 Å². The molecule has 1 saturated heterocycles. The van der Waals surface area contributed by atoms with Crippen LogP contribution in [-0.4, -0.2) is 47.2 Å². The maximum atomic E-state index is 12.6. The zero-order chi connectivity index (χ0) is 15.6. The van der Waals surface area contributed by atoms with E-state index in [1.165, 1.54) is 6.26 Å². The summed E-state index contributed by atoms with van der Waals surface area (Å²) in [4.78, 5) is 18.5. The number of fused-ring (bicyclic) bond motifs is 1. The maximum Gasteiger partial charge on any atom is 0.289 e. The maximum absolute atomic E-state index is 12.6. The van der Waals surface area contributed by atoms with Crippen LogP contribution in [0, 0.1) is 0 Å². The normalized spacial score (nSPS) is 26.8. The van der Waals surface area contributed by atoms with Crippen LogP contribution in [0.5, 0.6) is 5.75 Å². The molecule has 0 radical (unpaired) electrons. The van der Waals surface area contributed by atoms with Crippen LogP contribution in [0.2, 0.25) is 0 Å². The van der Waals surface area contributed by atoms with E-state index in [0.29, 0.717) is 18.9 Å². The number of furan rings is 1. The van der Waals surface area contributed by atoms with Crippen molar-refractivity contribution in [3.63, 3.8) is 0 Å². The molecule has 4 rings (SSSR count). The van der Waals surface area contributed by atoms with Crippen molar-refractivity contribution in [2.75, 3.05) is 13.2 Å². The zero-order valence-corrected chi connectivity index (χ0v) is 12.6. The average molecular weight is 314 g/mol. The number of hydrogen-bond acceptors (Lipinski definition) is 5. The minimum atomic E-state index is -0.108. The summed E-state index contributed by atoms with van der Waals surface area (Å²) in [5.74, 6) is 1.04. The van der Waals surface area contributed by atoms with Crippen LogP contribution in [-0.2, 0) is 4.74 Å². The molecule has 1 aliphatic carbocycles. The number of ether oxygens (including phenoxy) is 2. The van der Waals surface area contributed by atoms with Crippen molar-refractivity contribution >= 4 is 5.91 Å². The third-order valence-electron chi connectivity index (χ3n) is 4.45. The van der Waals surface area contributed by atoms with E-state index in [2.05, 4.69) is 4.98 Å². The number of rotatable bonds is 3. The average Bonchev–Trinajstić information content (AvgIpc) is 3.25. The fourth-order valence-electron chi connectivity index (χ4n) is 3.43. The fraction of sp³-hybridized carbons (Fsp3) is 0.412. The lowest BCUT2D eigenvalue weighted by atomic mass is 10.1. The van der Waals surface area contributed by atoms with E-state index in [1.807, 2.05) is 17.0 Å². The Morgan fingerprint density at radius 3 is 3.04 bits per heavy atom. The summed E-state index contributed by atoms with van der Waals surface area (Å²) in [7, 11) is 0. The van der Waals surface area contributed by atoms with Gasteiger partial charge < -0.3 is 18.8 Å². The monoisotopic (exact) mass is 314 g/mol. The lowest BCUT2D eigenvalue weighted by Gasteiger charge is -2.38. The van der Waals surface area contributed by atoms with Crippen molar-refractivity contribution in [1.29, 1.82) is 0 Å². The second-order valence-corrected chi connectivity index (χ2v) is 5.80. The van der Waals surface area contributed by atoms with Gasteiger partial charge in [0.1, 0.15) is 18.0 Å². The second kappa shape index (κ2) is 6.04. The largest absolute Gasteiger partial charge is 0.486 e. The molecule has 3 atom stereocenters. The van der Waals surface area contributed by atoms with Crippen molar-refractivity contribution in [1.82, 2.24) is 9.88 Å². The number of amides is 1.